The fourth-order valence-electron chi connectivity index (χ4n) is 1.65. The average molecular weight is 309 g/mol. The van der Waals surface area contributed by atoms with Crippen LogP contribution in [0.3, 0.4) is 0 Å². The molecule has 0 saturated heterocycles. The molecule has 114 valence electrons. The third-order valence-corrected chi connectivity index (χ3v) is 4.74. The van der Waals surface area contributed by atoms with E-state index in [0.29, 0.717) is 24.2 Å². The van der Waals surface area contributed by atoms with Gasteiger partial charge in [-0.25, -0.2) is 8.42 Å². The maximum atomic E-state index is 12.6. The molecule has 0 atom stereocenters. The molecule has 0 aliphatic rings. The van der Waals surface area contributed by atoms with Crippen LogP contribution in [0.4, 0.5) is 18.9 Å². The minimum Gasteiger partial charge on any atom is -0.385 e. The predicted molar refractivity (Wildman–Crippen MR) is 73.6 cm³/mol. The lowest BCUT2D eigenvalue weighted by atomic mass is 10.1. The van der Waals surface area contributed by atoms with Crippen molar-refractivity contribution in [1.29, 1.82) is 0 Å². The Morgan fingerprint density at radius 3 is 2.45 bits per heavy atom. The summed E-state index contributed by atoms with van der Waals surface area (Å²) in [7, 11) is -3.04. The zero-order valence-electron chi connectivity index (χ0n) is 11.4. The maximum Gasteiger partial charge on any atom is 0.416 e. The van der Waals surface area contributed by atoms with E-state index in [-0.39, 0.29) is 11.5 Å². The first-order valence-corrected chi connectivity index (χ1v) is 8.10. The second-order valence-electron chi connectivity index (χ2n) is 4.54. The SMILES string of the molecule is CCS(=O)(=O)CCCNc1cc(C(F)(F)F)ccc1C. The van der Waals surface area contributed by atoms with E-state index in [9.17, 15) is 21.6 Å². The van der Waals surface area contributed by atoms with E-state index in [2.05, 4.69) is 5.32 Å². The third kappa shape index (κ3) is 5.03. The molecule has 0 fully saturated rings. The van der Waals surface area contributed by atoms with Gasteiger partial charge in [0, 0.05) is 18.0 Å². The Morgan fingerprint density at radius 1 is 1.25 bits per heavy atom. The lowest BCUT2D eigenvalue weighted by Gasteiger charge is -2.13. The van der Waals surface area contributed by atoms with Gasteiger partial charge in [0.15, 0.2) is 0 Å². The number of hydrogen-bond acceptors (Lipinski definition) is 3. The summed E-state index contributed by atoms with van der Waals surface area (Å²) in [5, 5.41) is 2.86. The van der Waals surface area contributed by atoms with Crippen LogP contribution < -0.4 is 5.32 Å². The van der Waals surface area contributed by atoms with Crippen molar-refractivity contribution in [2.24, 2.45) is 0 Å². The summed E-state index contributed by atoms with van der Waals surface area (Å²) in [4.78, 5) is 0. The molecule has 7 heteroatoms. The number of nitrogens with one attached hydrogen (secondary N) is 1. The number of benzene rings is 1. The Labute approximate surface area is 117 Å². The molecule has 0 aliphatic carbocycles. The highest BCUT2D eigenvalue weighted by atomic mass is 32.2. The molecule has 0 heterocycles. The molecule has 3 nitrogen and oxygen atoms in total. The van der Waals surface area contributed by atoms with E-state index in [0.717, 1.165) is 12.1 Å². The Balaban J connectivity index is 2.64. The lowest BCUT2D eigenvalue weighted by molar-refractivity contribution is -0.137. The van der Waals surface area contributed by atoms with Crippen LogP contribution in [0.2, 0.25) is 0 Å². The molecule has 1 N–H and O–H groups in total. The lowest BCUT2D eigenvalue weighted by Crippen LogP contribution is -2.14. The number of hydrogen-bond donors (Lipinski definition) is 1. The smallest absolute Gasteiger partial charge is 0.385 e. The average Bonchev–Trinajstić information content (AvgIpc) is 2.35. The zero-order chi connectivity index (χ0) is 15.4. The van der Waals surface area contributed by atoms with Crippen molar-refractivity contribution in [2.45, 2.75) is 26.4 Å². The van der Waals surface area contributed by atoms with Gasteiger partial charge in [0.25, 0.3) is 0 Å². The second kappa shape index (κ2) is 6.47. The maximum absolute atomic E-state index is 12.6. The van der Waals surface area contributed by atoms with Gasteiger partial charge < -0.3 is 5.32 Å². The van der Waals surface area contributed by atoms with E-state index in [4.69, 9.17) is 0 Å². The summed E-state index contributed by atoms with van der Waals surface area (Å²) in [6.07, 6.45) is -4.01. The second-order valence-corrected chi connectivity index (χ2v) is 7.02. The van der Waals surface area contributed by atoms with Crippen LogP contribution in [-0.2, 0) is 16.0 Å². The number of alkyl halides is 3. The number of rotatable bonds is 6. The van der Waals surface area contributed by atoms with Crippen LogP contribution in [0.5, 0.6) is 0 Å². The number of anilines is 1. The highest BCUT2D eigenvalue weighted by molar-refractivity contribution is 7.91. The van der Waals surface area contributed by atoms with Crippen LogP contribution in [-0.4, -0.2) is 26.5 Å². The van der Waals surface area contributed by atoms with Crippen molar-refractivity contribution in [3.05, 3.63) is 29.3 Å². The summed E-state index contributed by atoms with van der Waals surface area (Å²) in [5.74, 6) is 0.115. The highest BCUT2D eigenvalue weighted by Gasteiger charge is 2.30. The van der Waals surface area contributed by atoms with Gasteiger partial charge in [0.05, 0.1) is 11.3 Å². The zero-order valence-corrected chi connectivity index (χ0v) is 12.2. The molecule has 0 bridgehead atoms. The minimum atomic E-state index is -4.38. The summed E-state index contributed by atoms with van der Waals surface area (Å²) in [5.41, 5.74) is 0.358. The Hall–Kier alpha value is -1.24. The fourth-order valence-corrected chi connectivity index (χ4v) is 2.52. The first-order valence-electron chi connectivity index (χ1n) is 6.28. The van der Waals surface area contributed by atoms with Gasteiger partial charge >= 0.3 is 6.18 Å². The third-order valence-electron chi connectivity index (χ3n) is 2.95. The number of halogens is 3. The van der Waals surface area contributed by atoms with Gasteiger partial charge in [-0.05, 0) is 31.0 Å². The summed E-state index contributed by atoms with van der Waals surface area (Å²) in [6.45, 7) is 3.59. The molecule has 0 unspecified atom stereocenters. The molecule has 0 spiro atoms. The van der Waals surface area contributed by atoms with Crippen LogP contribution >= 0.6 is 0 Å². The Morgan fingerprint density at radius 2 is 1.90 bits per heavy atom. The molecule has 1 rings (SSSR count). The van der Waals surface area contributed by atoms with Crippen LogP contribution in [0.1, 0.15) is 24.5 Å². The van der Waals surface area contributed by atoms with E-state index in [1.165, 1.54) is 6.07 Å². The van der Waals surface area contributed by atoms with Crippen LogP contribution in [0.25, 0.3) is 0 Å². The Kier molecular flexibility index (Phi) is 5.44. The predicted octanol–water partition coefficient (Wildman–Crippen LogP) is 3.25. The standard InChI is InChI=1S/C13H18F3NO2S/c1-3-20(18,19)8-4-7-17-12-9-11(13(14,15)16)6-5-10(12)2/h5-6,9,17H,3-4,7-8H2,1-2H3. The molecule has 1 aromatic rings. The van der Waals surface area contributed by atoms with E-state index in [1.807, 2.05) is 0 Å². The first-order chi connectivity index (χ1) is 9.15. The van der Waals surface area contributed by atoms with Crippen molar-refractivity contribution in [3.63, 3.8) is 0 Å². The molecule has 0 saturated carbocycles. The minimum absolute atomic E-state index is 0.0362. The molecule has 20 heavy (non-hydrogen) atoms. The van der Waals surface area contributed by atoms with Gasteiger partial charge in [-0.2, -0.15) is 13.2 Å². The van der Waals surface area contributed by atoms with E-state index < -0.39 is 21.6 Å². The van der Waals surface area contributed by atoms with Crippen molar-refractivity contribution >= 4 is 15.5 Å². The quantitative estimate of drug-likeness (QED) is 0.821. The fraction of sp³-hybridized carbons (Fsp3) is 0.538. The largest absolute Gasteiger partial charge is 0.416 e. The summed E-state index contributed by atoms with van der Waals surface area (Å²) >= 11 is 0. The highest BCUT2D eigenvalue weighted by Crippen LogP contribution is 2.31. The topological polar surface area (TPSA) is 46.2 Å². The molecular weight excluding hydrogens is 291 g/mol. The number of sulfone groups is 1. The van der Waals surface area contributed by atoms with Crippen molar-refractivity contribution < 1.29 is 21.6 Å². The van der Waals surface area contributed by atoms with E-state index in [1.54, 1.807) is 13.8 Å². The molecular formula is C13H18F3NO2S. The molecule has 0 radical (unpaired) electrons. The first kappa shape index (κ1) is 16.8. The molecule has 0 aliphatic heterocycles. The molecule has 0 aromatic heterocycles. The van der Waals surface area contributed by atoms with E-state index >= 15 is 0 Å². The van der Waals surface area contributed by atoms with Gasteiger partial charge in [0.2, 0.25) is 0 Å². The summed E-state index contributed by atoms with van der Waals surface area (Å²) < 4.78 is 60.3. The van der Waals surface area contributed by atoms with Crippen LogP contribution in [0, 0.1) is 6.92 Å². The van der Waals surface area contributed by atoms with Gasteiger partial charge in [0.1, 0.15) is 9.84 Å². The molecule has 1 aromatic carbocycles. The summed E-state index contributed by atoms with van der Waals surface area (Å²) in [6, 6.07) is 3.47. The van der Waals surface area contributed by atoms with Gasteiger partial charge in [-0.15, -0.1) is 0 Å². The van der Waals surface area contributed by atoms with Crippen molar-refractivity contribution in [2.75, 3.05) is 23.4 Å². The van der Waals surface area contributed by atoms with Crippen LogP contribution in [0.15, 0.2) is 18.2 Å². The van der Waals surface area contributed by atoms with Crippen molar-refractivity contribution in [3.8, 4) is 0 Å². The van der Waals surface area contributed by atoms with Gasteiger partial charge in [-0.3, -0.25) is 0 Å². The Bertz CT molecular complexity index is 553. The monoisotopic (exact) mass is 309 g/mol. The number of aryl methyl sites for hydroxylation is 1. The normalized spacial score (nSPS) is 12.4. The van der Waals surface area contributed by atoms with Gasteiger partial charge in [-0.1, -0.05) is 13.0 Å². The molecule has 0 amide bonds. The van der Waals surface area contributed by atoms with Crippen molar-refractivity contribution in [1.82, 2.24) is 0 Å².